The van der Waals surface area contributed by atoms with Crippen LogP contribution in [0.4, 0.5) is 5.82 Å². The number of fused-ring (bicyclic) bond motifs is 1. The van der Waals surface area contributed by atoms with Crippen molar-refractivity contribution in [3.05, 3.63) is 17.8 Å². The SMILES string of the molecule is c1nc(NN2CCOCC2)c2sccc2n1. The maximum Gasteiger partial charge on any atom is 0.161 e. The second-order valence-corrected chi connectivity index (χ2v) is 4.48. The van der Waals surface area contributed by atoms with E-state index in [1.807, 2.05) is 11.4 Å². The van der Waals surface area contributed by atoms with Crippen molar-refractivity contribution in [1.82, 2.24) is 15.0 Å². The summed E-state index contributed by atoms with van der Waals surface area (Å²) in [4.78, 5) is 8.49. The van der Waals surface area contributed by atoms with Crippen LogP contribution in [0.1, 0.15) is 0 Å². The molecule has 0 saturated carbocycles. The van der Waals surface area contributed by atoms with Gasteiger partial charge in [0.25, 0.3) is 0 Å². The summed E-state index contributed by atoms with van der Waals surface area (Å²) in [6.45, 7) is 3.31. The number of anilines is 1. The fourth-order valence-corrected chi connectivity index (χ4v) is 2.48. The van der Waals surface area contributed by atoms with E-state index < -0.39 is 0 Å². The van der Waals surface area contributed by atoms with E-state index in [0.717, 1.165) is 42.3 Å². The highest BCUT2D eigenvalue weighted by Gasteiger charge is 2.12. The summed E-state index contributed by atoms with van der Waals surface area (Å²) in [7, 11) is 0. The first-order valence-electron chi connectivity index (χ1n) is 5.21. The molecule has 1 aliphatic rings. The van der Waals surface area contributed by atoms with Gasteiger partial charge in [-0.1, -0.05) is 0 Å². The Morgan fingerprint density at radius 2 is 2.19 bits per heavy atom. The molecule has 3 rings (SSSR count). The fraction of sp³-hybridized carbons (Fsp3) is 0.400. The molecule has 5 nitrogen and oxygen atoms in total. The lowest BCUT2D eigenvalue weighted by Gasteiger charge is -2.27. The van der Waals surface area contributed by atoms with Crippen LogP contribution in [-0.2, 0) is 4.74 Å². The van der Waals surface area contributed by atoms with Crippen molar-refractivity contribution in [1.29, 1.82) is 0 Å². The molecule has 84 valence electrons. The summed E-state index contributed by atoms with van der Waals surface area (Å²) >= 11 is 1.66. The van der Waals surface area contributed by atoms with Crippen LogP contribution in [0.2, 0.25) is 0 Å². The van der Waals surface area contributed by atoms with Gasteiger partial charge in [0.05, 0.1) is 23.4 Å². The van der Waals surface area contributed by atoms with Gasteiger partial charge in [-0.25, -0.2) is 15.0 Å². The second kappa shape index (κ2) is 4.32. The van der Waals surface area contributed by atoms with Gasteiger partial charge in [-0.05, 0) is 11.4 Å². The van der Waals surface area contributed by atoms with Crippen LogP contribution >= 0.6 is 11.3 Å². The topological polar surface area (TPSA) is 50.3 Å². The first-order chi connectivity index (χ1) is 7.93. The number of nitrogens with one attached hydrogen (secondary N) is 1. The van der Waals surface area contributed by atoms with Crippen LogP contribution in [0, 0.1) is 0 Å². The van der Waals surface area contributed by atoms with Crippen molar-refractivity contribution in [3.63, 3.8) is 0 Å². The monoisotopic (exact) mass is 236 g/mol. The standard InChI is InChI=1S/C10H12N4OS/c1-6-16-9-8(1)11-7-12-10(9)13-14-2-4-15-5-3-14/h1,6-7H,2-5H2,(H,11,12,13). The third-order valence-electron chi connectivity index (χ3n) is 2.52. The maximum atomic E-state index is 5.30. The molecule has 1 saturated heterocycles. The maximum absolute atomic E-state index is 5.30. The van der Waals surface area contributed by atoms with E-state index in [9.17, 15) is 0 Å². The molecule has 2 aromatic rings. The number of nitrogens with zero attached hydrogens (tertiary/aromatic N) is 3. The van der Waals surface area contributed by atoms with Crippen molar-refractivity contribution >= 4 is 27.4 Å². The molecular formula is C10H12N4OS. The Morgan fingerprint density at radius 3 is 3.06 bits per heavy atom. The van der Waals surface area contributed by atoms with Crippen molar-refractivity contribution in [2.75, 3.05) is 31.7 Å². The Morgan fingerprint density at radius 1 is 1.31 bits per heavy atom. The average molecular weight is 236 g/mol. The minimum absolute atomic E-state index is 0.770. The number of rotatable bonds is 2. The van der Waals surface area contributed by atoms with E-state index in [2.05, 4.69) is 20.4 Å². The molecule has 0 unspecified atom stereocenters. The highest BCUT2D eigenvalue weighted by molar-refractivity contribution is 7.17. The zero-order valence-electron chi connectivity index (χ0n) is 8.72. The largest absolute Gasteiger partial charge is 0.379 e. The predicted octanol–water partition coefficient (Wildman–Crippen LogP) is 1.35. The van der Waals surface area contributed by atoms with Crippen LogP contribution in [0.5, 0.6) is 0 Å². The van der Waals surface area contributed by atoms with Gasteiger partial charge >= 0.3 is 0 Å². The summed E-state index contributed by atoms with van der Waals surface area (Å²) in [5.41, 5.74) is 4.32. The van der Waals surface area contributed by atoms with E-state index in [4.69, 9.17) is 4.74 Å². The number of hydrazine groups is 1. The lowest BCUT2D eigenvalue weighted by molar-refractivity contribution is 0.0495. The Bertz CT molecular complexity index is 480. The smallest absolute Gasteiger partial charge is 0.161 e. The van der Waals surface area contributed by atoms with E-state index in [-0.39, 0.29) is 0 Å². The van der Waals surface area contributed by atoms with Gasteiger partial charge in [0.2, 0.25) is 0 Å². The molecule has 6 heteroatoms. The minimum atomic E-state index is 0.770. The summed E-state index contributed by atoms with van der Waals surface area (Å²) in [6.07, 6.45) is 1.60. The Hall–Kier alpha value is -1.24. The van der Waals surface area contributed by atoms with Crippen LogP contribution in [0.3, 0.4) is 0 Å². The van der Waals surface area contributed by atoms with Crippen molar-refractivity contribution in [3.8, 4) is 0 Å². The zero-order chi connectivity index (χ0) is 10.8. The molecule has 0 spiro atoms. The quantitative estimate of drug-likeness (QED) is 0.853. The van der Waals surface area contributed by atoms with Gasteiger partial charge in [-0.2, -0.15) is 0 Å². The van der Waals surface area contributed by atoms with Crippen LogP contribution in [0.25, 0.3) is 10.2 Å². The first kappa shape index (κ1) is 9.95. The van der Waals surface area contributed by atoms with E-state index >= 15 is 0 Å². The van der Waals surface area contributed by atoms with Gasteiger partial charge in [0.15, 0.2) is 5.82 Å². The van der Waals surface area contributed by atoms with Gasteiger partial charge in [0.1, 0.15) is 6.33 Å². The third kappa shape index (κ3) is 1.87. The number of thiophene rings is 1. The number of aromatic nitrogens is 2. The van der Waals surface area contributed by atoms with E-state index in [1.54, 1.807) is 17.7 Å². The van der Waals surface area contributed by atoms with Crippen molar-refractivity contribution in [2.45, 2.75) is 0 Å². The Labute approximate surface area is 97.0 Å². The molecule has 0 atom stereocenters. The predicted molar refractivity (Wildman–Crippen MR) is 63.4 cm³/mol. The molecule has 0 bridgehead atoms. The molecule has 16 heavy (non-hydrogen) atoms. The molecule has 0 amide bonds. The van der Waals surface area contributed by atoms with Crippen molar-refractivity contribution < 1.29 is 4.74 Å². The van der Waals surface area contributed by atoms with Gasteiger partial charge < -0.3 is 10.2 Å². The van der Waals surface area contributed by atoms with Crippen LogP contribution in [0.15, 0.2) is 17.8 Å². The molecule has 0 radical (unpaired) electrons. The Balaban J connectivity index is 1.85. The fourth-order valence-electron chi connectivity index (χ4n) is 1.69. The molecule has 1 aliphatic heterocycles. The Kier molecular flexibility index (Phi) is 2.69. The molecule has 0 aromatic carbocycles. The van der Waals surface area contributed by atoms with Crippen LogP contribution < -0.4 is 5.43 Å². The third-order valence-corrected chi connectivity index (χ3v) is 3.43. The number of hydrogen-bond acceptors (Lipinski definition) is 6. The van der Waals surface area contributed by atoms with Gasteiger partial charge in [0, 0.05) is 13.1 Å². The minimum Gasteiger partial charge on any atom is -0.379 e. The lowest BCUT2D eigenvalue weighted by Crippen LogP contribution is -2.40. The zero-order valence-corrected chi connectivity index (χ0v) is 9.54. The van der Waals surface area contributed by atoms with Gasteiger partial charge in [-0.3, -0.25) is 0 Å². The number of hydrogen-bond donors (Lipinski definition) is 1. The van der Waals surface area contributed by atoms with Crippen molar-refractivity contribution in [2.24, 2.45) is 0 Å². The van der Waals surface area contributed by atoms with Gasteiger partial charge in [-0.15, -0.1) is 11.3 Å². The molecule has 1 N–H and O–H groups in total. The summed E-state index contributed by atoms with van der Waals surface area (Å²) < 4.78 is 6.40. The molecule has 2 aromatic heterocycles. The summed E-state index contributed by atoms with van der Waals surface area (Å²) in [5.74, 6) is 0.891. The number of morpholine rings is 1. The lowest BCUT2D eigenvalue weighted by atomic mass is 10.4. The molecule has 3 heterocycles. The van der Waals surface area contributed by atoms with Crippen LogP contribution in [-0.4, -0.2) is 41.3 Å². The summed E-state index contributed by atoms with van der Waals surface area (Å²) in [5, 5.41) is 4.16. The summed E-state index contributed by atoms with van der Waals surface area (Å²) in [6, 6.07) is 2.01. The molecule has 0 aliphatic carbocycles. The molecular weight excluding hydrogens is 224 g/mol. The van der Waals surface area contributed by atoms with E-state index in [1.165, 1.54) is 0 Å². The first-order valence-corrected chi connectivity index (χ1v) is 6.09. The second-order valence-electron chi connectivity index (χ2n) is 3.57. The highest BCUT2D eigenvalue weighted by Crippen LogP contribution is 2.25. The number of ether oxygens (including phenoxy) is 1. The van der Waals surface area contributed by atoms with E-state index in [0.29, 0.717) is 0 Å². The molecule has 1 fully saturated rings. The average Bonchev–Trinajstić information content (AvgIpc) is 2.80. The normalized spacial score (nSPS) is 17.8. The highest BCUT2D eigenvalue weighted by atomic mass is 32.1.